The maximum Gasteiger partial charge on any atom is 0.442 e. The molecule has 0 spiro atoms. The number of amidine groups is 1. The third kappa shape index (κ3) is 4.21. The van der Waals surface area contributed by atoms with Gasteiger partial charge >= 0.3 is 11.8 Å². The van der Waals surface area contributed by atoms with Crippen LogP contribution in [0.5, 0.6) is 0 Å². The lowest BCUT2D eigenvalue weighted by molar-refractivity contribution is -0.196. The summed E-state index contributed by atoms with van der Waals surface area (Å²) in [6.07, 6.45) is -5.24. The largest absolute Gasteiger partial charge is 0.442 e. The average molecular weight is 455 g/mol. The van der Waals surface area contributed by atoms with Gasteiger partial charge in [0, 0.05) is 11.1 Å². The topological polar surface area (TPSA) is 61.8 Å². The van der Waals surface area contributed by atoms with Crippen LogP contribution in [0.3, 0.4) is 0 Å². The molecule has 9 heteroatoms. The Morgan fingerprint density at radius 1 is 0.909 bits per heavy atom. The number of hydrogen-bond donors (Lipinski definition) is 1. The number of nitrogens with one attached hydrogen (secondary N) is 1. The van der Waals surface area contributed by atoms with Crippen LogP contribution in [-0.4, -0.2) is 34.4 Å². The van der Waals surface area contributed by atoms with Crippen LogP contribution in [0.4, 0.5) is 17.6 Å². The summed E-state index contributed by atoms with van der Waals surface area (Å²) in [5, 5.41) is 1.77. The number of carbonyl (C=O) groups excluding carboxylic acids is 2. The average Bonchev–Trinajstić information content (AvgIpc) is 3.08. The molecule has 1 N–H and O–H groups in total. The molecule has 0 saturated carbocycles. The van der Waals surface area contributed by atoms with Gasteiger partial charge in [-0.1, -0.05) is 60.7 Å². The van der Waals surface area contributed by atoms with Crippen LogP contribution in [0, 0.1) is 5.82 Å². The minimum atomic E-state index is -5.24. The van der Waals surface area contributed by atoms with Crippen molar-refractivity contribution >= 4 is 17.6 Å². The summed E-state index contributed by atoms with van der Waals surface area (Å²) >= 11 is 0. The zero-order valence-electron chi connectivity index (χ0n) is 17.0. The number of carbonyl (C=O) groups is 2. The van der Waals surface area contributed by atoms with Crippen molar-refractivity contribution in [2.24, 2.45) is 4.99 Å². The number of nitrogens with zero attached hydrogens (tertiary/aromatic N) is 2. The van der Waals surface area contributed by atoms with Crippen molar-refractivity contribution in [3.8, 4) is 0 Å². The molecule has 168 valence electrons. The van der Waals surface area contributed by atoms with E-state index in [2.05, 4.69) is 4.99 Å². The van der Waals surface area contributed by atoms with Crippen LogP contribution in [-0.2, 0) is 11.3 Å². The Labute approximate surface area is 186 Å². The molecule has 0 saturated heterocycles. The van der Waals surface area contributed by atoms with Gasteiger partial charge in [0.25, 0.3) is 11.8 Å². The first-order valence-electron chi connectivity index (χ1n) is 9.87. The molecule has 0 fully saturated rings. The second kappa shape index (κ2) is 8.50. The van der Waals surface area contributed by atoms with Gasteiger partial charge in [0.1, 0.15) is 11.7 Å². The van der Waals surface area contributed by atoms with Gasteiger partial charge in [-0.3, -0.25) is 14.5 Å². The fourth-order valence-electron chi connectivity index (χ4n) is 3.45. The van der Waals surface area contributed by atoms with E-state index in [-0.39, 0.29) is 23.5 Å². The van der Waals surface area contributed by atoms with Crippen molar-refractivity contribution in [1.29, 1.82) is 0 Å². The lowest BCUT2D eigenvalue weighted by atomic mass is 10.1. The van der Waals surface area contributed by atoms with E-state index in [4.69, 9.17) is 0 Å². The summed E-state index contributed by atoms with van der Waals surface area (Å²) in [6.45, 7) is -0.183. The smallest absolute Gasteiger partial charge is 0.312 e. The Hall–Kier alpha value is -4.01. The van der Waals surface area contributed by atoms with Crippen LogP contribution >= 0.6 is 0 Å². The van der Waals surface area contributed by atoms with E-state index in [9.17, 15) is 27.2 Å². The predicted octanol–water partition coefficient (Wildman–Crippen LogP) is 4.30. The Kier molecular flexibility index (Phi) is 5.71. The summed E-state index contributed by atoms with van der Waals surface area (Å²) in [5.41, 5.74) is -2.91. The van der Waals surface area contributed by atoms with Gasteiger partial charge in [0.05, 0.1) is 6.54 Å². The Morgan fingerprint density at radius 3 is 2.06 bits per heavy atom. The molecule has 0 radical (unpaired) electrons. The van der Waals surface area contributed by atoms with Crippen LogP contribution in [0.2, 0.25) is 0 Å². The molecule has 3 aromatic rings. The Bertz CT molecular complexity index is 1200. The van der Waals surface area contributed by atoms with E-state index in [1.165, 1.54) is 12.1 Å². The molecule has 2 amide bonds. The summed E-state index contributed by atoms with van der Waals surface area (Å²) < 4.78 is 56.3. The summed E-state index contributed by atoms with van der Waals surface area (Å²) in [7, 11) is 0. The minimum absolute atomic E-state index is 0.183. The van der Waals surface area contributed by atoms with Gasteiger partial charge in [0.15, 0.2) is 0 Å². The van der Waals surface area contributed by atoms with Crippen LogP contribution in [0.25, 0.3) is 0 Å². The van der Waals surface area contributed by atoms with Gasteiger partial charge < -0.3 is 5.32 Å². The number of amides is 2. The van der Waals surface area contributed by atoms with E-state index in [0.717, 1.165) is 29.2 Å². The van der Waals surface area contributed by atoms with E-state index in [1.54, 1.807) is 53.8 Å². The van der Waals surface area contributed by atoms with Crippen molar-refractivity contribution in [2.75, 3.05) is 0 Å². The fourth-order valence-corrected chi connectivity index (χ4v) is 3.45. The van der Waals surface area contributed by atoms with Crippen LogP contribution < -0.4 is 5.32 Å². The zero-order chi connectivity index (χ0) is 23.6. The molecule has 3 aromatic carbocycles. The molecule has 0 bridgehead atoms. The van der Waals surface area contributed by atoms with Crippen LogP contribution in [0.1, 0.15) is 21.5 Å². The standard InChI is InChI=1S/C24H17F4N3O2/c25-19-13-11-18(12-14-19)21(32)30-23(24(26,27)28)22(33)31(15-16-7-3-1-4-8-16)20(29-23)17-9-5-2-6-10-17/h1-14H,15H2,(H,30,32)/t23-/m0/s1. The third-order valence-corrected chi connectivity index (χ3v) is 5.11. The SMILES string of the molecule is O=C(N[C@@]1(C(F)(F)F)N=C(c2ccccc2)N(Cc2ccccc2)C1=O)c1ccc(F)cc1. The molecule has 1 aliphatic heterocycles. The molecule has 5 nitrogen and oxygen atoms in total. The third-order valence-electron chi connectivity index (χ3n) is 5.11. The van der Waals surface area contributed by atoms with E-state index < -0.39 is 29.5 Å². The van der Waals surface area contributed by atoms with E-state index in [1.807, 2.05) is 0 Å². The first-order chi connectivity index (χ1) is 15.7. The van der Waals surface area contributed by atoms with Crippen molar-refractivity contribution in [2.45, 2.75) is 18.4 Å². The predicted molar refractivity (Wildman–Crippen MR) is 113 cm³/mol. The molecule has 33 heavy (non-hydrogen) atoms. The van der Waals surface area contributed by atoms with Crippen molar-refractivity contribution in [3.63, 3.8) is 0 Å². The van der Waals surface area contributed by atoms with Crippen molar-refractivity contribution in [3.05, 3.63) is 107 Å². The van der Waals surface area contributed by atoms with E-state index in [0.29, 0.717) is 5.56 Å². The molecule has 4 rings (SSSR count). The van der Waals surface area contributed by atoms with Crippen molar-refractivity contribution < 1.29 is 27.2 Å². The highest BCUT2D eigenvalue weighted by molar-refractivity contribution is 6.16. The van der Waals surface area contributed by atoms with Gasteiger partial charge in [0.2, 0.25) is 0 Å². The molecule has 1 heterocycles. The molecule has 1 aliphatic rings. The number of hydrogen-bond acceptors (Lipinski definition) is 3. The monoisotopic (exact) mass is 455 g/mol. The lowest BCUT2D eigenvalue weighted by Gasteiger charge is -2.29. The molecule has 1 atom stereocenters. The molecule has 0 unspecified atom stereocenters. The normalized spacial score (nSPS) is 18.2. The first kappa shape index (κ1) is 22.2. The highest BCUT2D eigenvalue weighted by Crippen LogP contribution is 2.39. The highest BCUT2D eigenvalue weighted by Gasteiger charge is 2.67. The number of benzene rings is 3. The molecule has 0 aliphatic carbocycles. The summed E-state index contributed by atoms with van der Waals surface area (Å²) in [6, 6.07) is 20.3. The second-order valence-corrected chi connectivity index (χ2v) is 7.35. The Balaban J connectivity index is 1.80. The zero-order valence-corrected chi connectivity index (χ0v) is 17.0. The summed E-state index contributed by atoms with van der Waals surface area (Å²) in [5.74, 6) is -3.53. The van der Waals surface area contributed by atoms with Crippen molar-refractivity contribution in [1.82, 2.24) is 10.2 Å². The minimum Gasteiger partial charge on any atom is -0.312 e. The van der Waals surface area contributed by atoms with E-state index >= 15 is 0 Å². The van der Waals surface area contributed by atoms with Crippen LogP contribution in [0.15, 0.2) is 89.9 Å². The van der Waals surface area contributed by atoms with Gasteiger partial charge in [-0.15, -0.1) is 0 Å². The maximum absolute atomic E-state index is 14.4. The molecule has 0 aromatic heterocycles. The van der Waals surface area contributed by atoms with Gasteiger partial charge in [-0.05, 0) is 29.8 Å². The number of aliphatic imine (C=N–C) groups is 1. The highest BCUT2D eigenvalue weighted by atomic mass is 19.4. The number of halogens is 4. The summed E-state index contributed by atoms with van der Waals surface area (Å²) in [4.78, 5) is 30.6. The number of alkyl halides is 3. The quantitative estimate of drug-likeness (QED) is 0.583. The lowest BCUT2D eigenvalue weighted by Crippen LogP contribution is -2.63. The molecular formula is C24H17F4N3O2. The number of rotatable bonds is 5. The Morgan fingerprint density at radius 2 is 1.48 bits per heavy atom. The maximum atomic E-state index is 14.4. The molecular weight excluding hydrogens is 438 g/mol. The first-order valence-corrected chi connectivity index (χ1v) is 9.87. The van der Waals surface area contributed by atoms with Gasteiger partial charge in [-0.2, -0.15) is 13.2 Å². The fraction of sp³-hybridized carbons (Fsp3) is 0.125. The second-order valence-electron chi connectivity index (χ2n) is 7.35. The van der Waals surface area contributed by atoms with Gasteiger partial charge in [-0.25, -0.2) is 9.38 Å².